The third-order valence-corrected chi connectivity index (χ3v) is 7.47. The number of benzene rings is 1. The predicted octanol–water partition coefficient (Wildman–Crippen LogP) is 7.35. The van der Waals surface area contributed by atoms with Crippen molar-refractivity contribution in [2.75, 3.05) is 0 Å². The van der Waals surface area contributed by atoms with Crippen molar-refractivity contribution in [1.29, 1.82) is 0 Å². The van der Waals surface area contributed by atoms with Gasteiger partial charge < -0.3 is 0 Å². The Morgan fingerprint density at radius 2 is 1.71 bits per heavy atom. The molecule has 164 valence electrons. The van der Waals surface area contributed by atoms with E-state index in [1.54, 1.807) is 0 Å². The third-order valence-electron chi connectivity index (χ3n) is 7.47. The van der Waals surface area contributed by atoms with E-state index in [2.05, 4.69) is 75.8 Å². The Morgan fingerprint density at radius 1 is 1.10 bits per heavy atom. The summed E-state index contributed by atoms with van der Waals surface area (Å²) in [6.07, 6.45) is 3.51. The number of fused-ring (bicyclic) bond motifs is 1. The molecule has 31 heavy (non-hydrogen) atoms. The summed E-state index contributed by atoms with van der Waals surface area (Å²) < 4.78 is 2.02. The van der Waals surface area contributed by atoms with E-state index in [0.717, 1.165) is 46.3 Å². The average Bonchev–Trinajstić information content (AvgIpc) is 3.23. The van der Waals surface area contributed by atoms with E-state index in [1.807, 2.05) is 11.4 Å². The fourth-order valence-corrected chi connectivity index (χ4v) is 5.72. The molecule has 4 nitrogen and oxygen atoms in total. The number of aromatic amines is 1. The van der Waals surface area contributed by atoms with Gasteiger partial charge in [0, 0.05) is 16.8 Å². The molecule has 1 aliphatic rings. The molecule has 0 bridgehead atoms. The molecule has 2 heterocycles. The van der Waals surface area contributed by atoms with Crippen LogP contribution in [0.1, 0.15) is 71.2 Å². The zero-order chi connectivity index (χ0) is 22.5. The lowest BCUT2D eigenvalue weighted by atomic mass is 9.67. The first-order valence-corrected chi connectivity index (χ1v) is 11.7. The molecule has 3 aromatic rings. The van der Waals surface area contributed by atoms with Crippen molar-refractivity contribution in [3.63, 3.8) is 0 Å². The van der Waals surface area contributed by atoms with E-state index >= 15 is 0 Å². The van der Waals surface area contributed by atoms with Crippen LogP contribution in [-0.4, -0.2) is 14.6 Å². The van der Waals surface area contributed by atoms with Gasteiger partial charge in [0.2, 0.25) is 5.69 Å². The molecular formula is C27H36N4. The number of rotatable bonds is 3. The van der Waals surface area contributed by atoms with Crippen LogP contribution in [0.2, 0.25) is 0 Å². The molecule has 4 rings (SSSR count). The van der Waals surface area contributed by atoms with E-state index in [0.29, 0.717) is 17.8 Å². The molecule has 2 aromatic heterocycles. The van der Waals surface area contributed by atoms with Gasteiger partial charge in [-0.05, 0) is 60.8 Å². The normalized spacial score (nSPS) is 24.5. The molecule has 1 saturated carbocycles. The molecule has 0 spiro atoms. The van der Waals surface area contributed by atoms with Crippen LogP contribution in [0.4, 0.5) is 5.69 Å². The Morgan fingerprint density at radius 3 is 2.26 bits per heavy atom. The first kappa shape index (κ1) is 21.7. The topological polar surface area (TPSA) is 37.5 Å². The second kappa shape index (κ2) is 7.86. The minimum Gasteiger partial charge on any atom is -0.277 e. The van der Waals surface area contributed by atoms with E-state index < -0.39 is 0 Å². The Bertz CT molecular complexity index is 1110. The Kier molecular flexibility index (Phi) is 5.50. The number of aryl methyl sites for hydroxylation is 1. The number of nitrogens with zero attached hydrogens (tertiary/aromatic N) is 3. The molecule has 0 radical (unpaired) electrons. The van der Waals surface area contributed by atoms with Gasteiger partial charge in [0.25, 0.3) is 0 Å². The lowest BCUT2D eigenvalue weighted by molar-refractivity contribution is 0.136. The van der Waals surface area contributed by atoms with Crippen molar-refractivity contribution in [2.24, 2.45) is 23.7 Å². The number of hydrogen-bond donors (Lipinski definition) is 1. The zero-order valence-corrected chi connectivity index (χ0v) is 20.1. The maximum absolute atomic E-state index is 7.82. The quantitative estimate of drug-likeness (QED) is 0.445. The second-order valence-corrected chi connectivity index (χ2v) is 11.0. The van der Waals surface area contributed by atoms with Gasteiger partial charge in [0.15, 0.2) is 5.82 Å². The second-order valence-electron chi connectivity index (χ2n) is 11.0. The maximum atomic E-state index is 7.82. The highest BCUT2D eigenvalue weighted by atomic mass is 15.3. The Hall–Kier alpha value is -2.54. The minimum absolute atomic E-state index is 0.133. The van der Waals surface area contributed by atoms with Gasteiger partial charge in [-0.2, -0.15) is 0 Å². The lowest BCUT2D eigenvalue weighted by Gasteiger charge is -2.38. The number of nitrogens with one attached hydrogen (secondary N) is 1. The molecule has 0 amide bonds. The smallest absolute Gasteiger partial charge is 0.214 e. The first-order valence-electron chi connectivity index (χ1n) is 11.7. The van der Waals surface area contributed by atoms with Crippen LogP contribution >= 0.6 is 0 Å². The Balaban J connectivity index is 1.73. The van der Waals surface area contributed by atoms with Crippen molar-refractivity contribution in [3.05, 3.63) is 52.5 Å². The van der Waals surface area contributed by atoms with E-state index in [4.69, 9.17) is 11.6 Å². The summed E-state index contributed by atoms with van der Waals surface area (Å²) in [4.78, 5) is 8.92. The van der Waals surface area contributed by atoms with Gasteiger partial charge >= 0.3 is 0 Å². The summed E-state index contributed by atoms with van der Waals surface area (Å²) >= 11 is 0. The van der Waals surface area contributed by atoms with Gasteiger partial charge in [-0.3, -0.25) is 9.61 Å². The fourth-order valence-electron chi connectivity index (χ4n) is 5.72. The number of hydrogen-bond acceptors (Lipinski definition) is 1. The Labute approximate surface area is 186 Å². The van der Waals surface area contributed by atoms with Crippen LogP contribution in [0.3, 0.4) is 0 Å². The number of aromatic nitrogens is 3. The molecule has 0 saturated heterocycles. The molecule has 2 unspecified atom stereocenters. The van der Waals surface area contributed by atoms with Gasteiger partial charge in [0.05, 0.1) is 6.57 Å². The molecule has 1 aliphatic carbocycles. The monoisotopic (exact) mass is 416 g/mol. The minimum atomic E-state index is 0.133. The summed E-state index contributed by atoms with van der Waals surface area (Å²) in [5.41, 5.74) is 6.33. The van der Waals surface area contributed by atoms with Crippen LogP contribution in [0.25, 0.3) is 21.9 Å². The van der Waals surface area contributed by atoms with Crippen molar-refractivity contribution >= 4 is 11.3 Å². The molecule has 2 atom stereocenters. The lowest BCUT2D eigenvalue weighted by Crippen LogP contribution is -2.30. The van der Waals surface area contributed by atoms with Crippen molar-refractivity contribution < 1.29 is 0 Å². The highest BCUT2D eigenvalue weighted by molar-refractivity contribution is 5.73. The van der Waals surface area contributed by atoms with E-state index in [9.17, 15) is 0 Å². The fraction of sp³-hybridized carbons (Fsp3) is 0.556. The van der Waals surface area contributed by atoms with Gasteiger partial charge in [-0.15, -0.1) is 0 Å². The predicted molar refractivity (Wildman–Crippen MR) is 129 cm³/mol. The molecule has 1 N–H and O–H groups in total. The van der Waals surface area contributed by atoms with Gasteiger partial charge in [-0.25, -0.2) is 9.83 Å². The van der Waals surface area contributed by atoms with Crippen LogP contribution in [-0.2, 0) is 11.8 Å². The first-order chi connectivity index (χ1) is 14.6. The molecule has 0 aliphatic heterocycles. The van der Waals surface area contributed by atoms with E-state index in [-0.39, 0.29) is 5.41 Å². The standard InChI is InChI=1S/C27H36N4/c1-16-13-17(2)22(18(3)14-16)15-23-24(28-8)19(4)31-26(23)29-25(30-31)20-9-11-21(12-10-20)27(5,6)7/h9-12,16-18,22H,13-15H2,1-7H3,(H,29,30). The maximum Gasteiger partial charge on any atom is 0.214 e. The van der Waals surface area contributed by atoms with E-state index in [1.165, 1.54) is 18.4 Å². The third kappa shape index (κ3) is 3.91. The molecular weight excluding hydrogens is 380 g/mol. The number of H-pyrrole nitrogens is 1. The SMILES string of the molecule is [C-]#[N+]c1c(CC2C(C)CC(C)CC2C)c2nc(-c3ccc(C(C)(C)C)cc3)[nH]n2c1C. The van der Waals surface area contributed by atoms with Crippen molar-refractivity contribution in [3.8, 4) is 11.4 Å². The summed E-state index contributed by atoms with van der Waals surface area (Å²) in [5, 5.41) is 3.46. The molecule has 4 heteroatoms. The van der Waals surface area contributed by atoms with Crippen molar-refractivity contribution in [2.45, 2.75) is 73.1 Å². The molecule has 1 aromatic carbocycles. The summed E-state index contributed by atoms with van der Waals surface area (Å²) in [6, 6.07) is 8.68. The van der Waals surface area contributed by atoms with Gasteiger partial charge in [-0.1, -0.05) is 65.8 Å². The average molecular weight is 417 g/mol. The van der Waals surface area contributed by atoms with Crippen LogP contribution in [0.15, 0.2) is 24.3 Å². The summed E-state index contributed by atoms with van der Waals surface area (Å²) in [7, 11) is 0. The largest absolute Gasteiger partial charge is 0.277 e. The van der Waals surface area contributed by atoms with Crippen LogP contribution < -0.4 is 0 Å². The molecule has 1 fully saturated rings. The van der Waals surface area contributed by atoms with Crippen LogP contribution in [0.5, 0.6) is 0 Å². The highest BCUT2D eigenvalue weighted by Crippen LogP contribution is 2.42. The summed E-state index contributed by atoms with van der Waals surface area (Å²) in [6.45, 7) is 23.7. The van der Waals surface area contributed by atoms with Crippen LogP contribution in [0, 0.1) is 37.2 Å². The zero-order valence-electron chi connectivity index (χ0n) is 20.1. The highest BCUT2D eigenvalue weighted by Gasteiger charge is 2.33. The van der Waals surface area contributed by atoms with Gasteiger partial charge in [0.1, 0.15) is 5.65 Å². The van der Waals surface area contributed by atoms with Crippen molar-refractivity contribution in [1.82, 2.24) is 14.6 Å². The summed E-state index contributed by atoms with van der Waals surface area (Å²) in [5.74, 6) is 3.63.